The van der Waals surface area contributed by atoms with Crippen LogP contribution in [-0.2, 0) is 9.59 Å². The number of hydrogen-bond donors (Lipinski definition) is 2. The zero-order valence-corrected chi connectivity index (χ0v) is 11.7. The van der Waals surface area contributed by atoms with Gasteiger partial charge in [-0.15, -0.1) is 0 Å². The average molecular weight is 242 g/mol. The van der Waals surface area contributed by atoms with E-state index >= 15 is 0 Å². The Morgan fingerprint density at radius 3 is 1.94 bits per heavy atom. The monoisotopic (exact) mass is 242 g/mol. The highest BCUT2D eigenvalue weighted by atomic mass is 16.2. The minimum Gasteiger partial charge on any atom is -0.355 e. The highest BCUT2D eigenvalue weighted by Gasteiger charge is 2.35. The van der Waals surface area contributed by atoms with Gasteiger partial charge in [0.2, 0.25) is 11.8 Å². The smallest absolute Gasteiger partial charge is 0.235 e. The van der Waals surface area contributed by atoms with Crippen molar-refractivity contribution >= 4 is 11.8 Å². The molecule has 17 heavy (non-hydrogen) atoms. The van der Waals surface area contributed by atoms with E-state index < -0.39 is 5.41 Å². The molecule has 0 aliphatic heterocycles. The van der Waals surface area contributed by atoms with E-state index in [0.29, 0.717) is 19.0 Å². The maximum Gasteiger partial charge on any atom is 0.235 e. The Labute approximate surface area is 105 Å². The van der Waals surface area contributed by atoms with Crippen molar-refractivity contribution in [2.75, 3.05) is 13.1 Å². The van der Waals surface area contributed by atoms with Crippen LogP contribution in [0.4, 0.5) is 0 Å². The Morgan fingerprint density at radius 1 is 1.06 bits per heavy atom. The SMILES string of the molecule is CCCNC(=O)C(C)(C)C(=O)NCCC(C)C. The van der Waals surface area contributed by atoms with E-state index in [-0.39, 0.29) is 11.8 Å². The van der Waals surface area contributed by atoms with Gasteiger partial charge in [-0.05, 0) is 32.6 Å². The molecule has 0 aromatic heterocycles. The van der Waals surface area contributed by atoms with Crippen molar-refractivity contribution < 1.29 is 9.59 Å². The molecule has 100 valence electrons. The molecule has 2 N–H and O–H groups in total. The molecular formula is C13H26N2O2. The minimum atomic E-state index is -0.994. The molecule has 0 saturated heterocycles. The molecule has 0 heterocycles. The molecule has 0 bridgehead atoms. The first kappa shape index (κ1) is 15.9. The predicted octanol–water partition coefficient (Wildman–Crippen LogP) is 1.70. The summed E-state index contributed by atoms with van der Waals surface area (Å²) in [7, 11) is 0. The highest BCUT2D eigenvalue weighted by molar-refractivity contribution is 6.04. The molecule has 0 aliphatic rings. The topological polar surface area (TPSA) is 58.2 Å². The van der Waals surface area contributed by atoms with Gasteiger partial charge in [-0.1, -0.05) is 20.8 Å². The fourth-order valence-electron chi connectivity index (χ4n) is 1.26. The summed E-state index contributed by atoms with van der Waals surface area (Å²) in [5, 5.41) is 5.56. The van der Waals surface area contributed by atoms with Crippen LogP contribution >= 0.6 is 0 Å². The summed E-state index contributed by atoms with van der Waals surface area (Å²) in [4.78, 5) is 23.7. The molecule has 0 aromatic rings. The van der Waals surface area contributed by atoms with Gasteiger partial charge in [0.05, 0.1) is 0 Å². The van der Waals surface area contributed by atoms with Crippen molar-refractivity contribution in [3.8, 4) is 0 Å². The van der Waals surface area contributed by atoms with Gasteiger partial charge < -0.3 is 10.6 Å². The highest BCUT2D eigenvalue weighted by Crippen LogP contribution is 2.15. The van der Waals surface area contributed by atoms with Crippen LogP contribution in [0.15, 0.2) is 0 Å². The standard InChI is InChI=1S/C13H26N2O2/c1-6-8-14-11(16)13(4,5)12(17)15-9-7-10(2)3/h10H,6-9H2,1-5H3,(H,14,16)(H,15,17). The van der Waals surface area contributed by atoms with E-state index in [4.69, 9.17) is 0 Å². The summed E-state index contributed by atoms with van der Waals surface area (Å²) < 4.78 is 0. The lowest BCUT2D eigenvalue weighted by Crippen LogP contribution is -2.48. The molecule has 0 unspecified atom stereocenters. The zero-order valence-electron chi connectivity index (χ0n) is 11.7. The van der Waals surface area contributed by atoms with Gasteiger partial charge >= 0.3 is 0 Å². The summed E-state index contributed by atoms with van der Waals surface area (Å²) >= 11 is 0. The quantitative estimate of drug-likeness (QED) is 0.668. The first-order valence-electron chi connectivity index (χ1n) is 6.39. The summed E-state index contributed by atoms with van der Waals surface area (Å²) in [6.45, 7) is 10.7. The molecule has 0 aromatic carbocycles. The second kappa shape index (κ2) is 7.30. The number of rotatable bonds is 7. The molecule has 0 fully saturated rings. The maximum absolute atomic E-state index is 11.9. The first-order chi connectivity index (χ1) is 7.82. The van der Waals surface area contributed by atoms with E-state index in [1.807, 2.05) is 6.92 Å². The fraction of sp³-hybridized carbons (Fsp3) is 0.846. The Morgan fingerprint density at radius 2 is 1.53 bits per heavy atom. The van der Waals surface area contributed by atoms with Crippen molar-refractivity contribution in [1.29, 1.82) is 0 Å². The number of carbonyl (C=O) groups is 2. The number of hydrogen-bond acceptors (Lipinski definition) is 2. The lowest BCUT2D eigenvalue weighted by Gasteiger charge is -2.22. The van der Waals surface area contributed by atoms with Crippen molar-refractivity contribution in [2.24, 2.45) is 11.3 Å². The van der Waals surface area contributed by atoms with Crippen LogP contribution < -0.4 is 10.6 Å². The predicted molar refractivity (Wildman–Crippen MR) is 69.5 cm³/mol. The van der Waals surface area contributed by atoms with Crippen LogP contribution in [0.3, 0.4) is 0 Å². The number of amides is 2. The normalized spacial score (nSPS) is 11.4. The van der Waals surface area contributed by atoms with Gasteiger partial charge in [0, 0.05) is 13.1 Å². The first-order valence-corrected chi connectivity index (χ1v) is 6.39. The Kier molecular flexibility index (Phi) is 6.85. The van der Waals surface area contributed by atoms with Crippen molar-refractivity contribution in [1.82, 2.24) is 10.6 Å². The average Bonchev–Trinajstić information content (AvgIpc) is 2.24. The van der Waals surface area contributed by atoms with Gasteiger partial charge in [-0.3, -0.25) is 9.59 Å². The van der Waals surface area contributed by atoms with E-state index in [1.54, 1.807) is 13.8 Å². The summed E-state index contributed by atoms with van der Waals surface area (Å²) in [5.41, 5.74) is -0.994. The minimum absolute atomic E-state index is 0.202. The third-order valence-electron chi connectivity index (χ3n) is 2.68. The Balaban J connectivity index is 4.19. The number of carbonyl (C=O) groups excluding carboxylic acids is 2. The van der Waals surface area contributed by atoms with E-state index in [0.717, 1.165) is 12.8 Å². The van der Waals surface area contributed by atoms with E-state index in [1.165, 1.54) is 0 Å². The van der Waals surface area contributed by atoms with E-state index in [2.05, 4.69) is 24.5 Å². The van der Waals surface area contributed by atoms with Crippen LogP contribution in [0.1, 0.15) is 47.5 Å². The van der Waals surface area contributed by atoms with E-state index in [9.17, 15) is 9.59 Å². The summed E-state index contributed by atoms with van der Waals surface area (Å²) in [6, 6.07) is 0. The van der Waals surface area contributed by atoms with Crippen molar-refractivity contribution in [3.63, 3.8) is 0 Å². The third-order valence-corrected chi connectivity index (χ3v) is 2.68. The van der Waals surface area contributed by atoms with Gasteiger partial charge in [0.25, 0.3) is 0 Å². The van der Waals surface area contributed by atoms with Gasteiger partial charge in [0.1, 0.15) is 5.41 Å². The van der Waals surface area contributed by atoms with Gasteiger partial charge in [-0.25, -0.2) is 0 Å². The molecule has 4 heteroatoms. The zero-order chi connectivity index (χ0) is 13.5. The van der Waals surface area contributed by atoms with Crippen LogP contribution in [-0.4, -0.2) is 24.9 Å². The molecule has 0 saturated carbocycles. The van der Waals surface area contributed by atoms with Crippen molar-refractivity contribution in [2.45, 2.75) is 47.5 Å². The second-order valence-corrected chi connectivity index (χ2v) is 5.32. The van der Waals surface area contributed by atoms with Crippen molar-refractivity contribution in [3.05, 3.63) is 0 Å². The molecule has 0 aliphatic carbocycles. The summed E-state index contributed by atoms with van der Waals surface area (Å²) in [6.07, 6.45) is 1.80. The lowest BCUT2D eigenvalue weighted by molar-refractivity contribution is -0.141. The molecule has 2 amide bonds. The second-order valence-electron chi connectivity index (χ2n) is 5.32. The summed E-state index contributed by atoms with van der Waals surface area (Å²) in [5.74, 6) is 0.139. The molecule has 0 rings (SSSR count). The van der Waals surface area contributed by atoms with Crippen LogP contribution in [0.2, 0.25) is 0 Å². The fourth-order valence-corrected chi connectivity index (χ4v) is 1.26. The molecule has 4 nitrogen and oxygen atoms in total. The molecule has 0 radical (unpaired) electrons. The molecular weight excluding hydrogens is 216 g/mol. The maximum atomic E-state index is 11.9. The molecule has 0 atom stereocenters. The molecule has 0 spiro atoms. The van der Waals surface area contributed by atoms with Crippen LogP contribution in [0.25, 0.3) is 0 Å². The Bertz CT molecular complexity index is 260. The number of nitrogens with one attached hydrogen (secondary N) is 2. The third kappa shape index (κ3) is 5.71. The van der Waals surface area contributed by atoms with Crippen LogP contribution in [0, 0.1) is 11.3 Å². The lowest BCUT2D eigenvalue weighted by atomic mass is 9.91. The van der Waals surface area contributed by atoms with Crippen LogP contribution in [0.5, 0.6) is 0 Å². The Hall–Kier alpha value is -1.06. The van der Waals surface area contributed by atoms with Gasteiger partial charge in [0.15, 0.2) is 0 Å². The largest absolute Gasteiger partial charge is 0.355 e. The van der Waals surface area contributed by atoms with Gasteiger partial charge in [-0.2, -0.15) is 0 Å².